The van der Waals surface area contributed by atoms with Gasteiger partial charge >= 0.3 is 0 Å². The number of hydrogen-bond acceptors (Lipinski definition) is 6. The second-order valence-corrected chi connectivity index (χ2v) is 13.6. The molecule has 0 bridgehead atoms. The molecule has 5 rings (SSSR count). The lowest BCUT2D eigenvalue weighted by Crippen LogP contribution is -2.40. The summed E-state index contributed by atoms with van der Waals surface area (Å²) in [5.74, 6) is 1.08. The number of thioether (sulfide) groups is 1. The normalized spacial score (nSPS) is 13.9. The van der Waals surface area contributed by atoms with Crippen LogP contribution < -0.4 is 14.4 Å². The van der Waals surface area contributed by atoms with Crippen LogP contribution in [0.25, 0.3) is 22.7 Å². The third-order valence-electron chi connectivity index (χ3n) is 7.51. The van der Waals surface area contributed by atoms with Crippen molar-refractivity contribution in [3.8, 4) is 5.69 Å². The largest absolute Gasteiger partial charge is 0.338 e. The monoisotopic (exact) mass is 598 g/mol. The summed E-state index contributed by atoms with van der Waals surface area (Å²) >= 11 is 1.77. The second kappa shape index (κ2) is 13.0. The molecule has 6 nitrogen and oxygen atoms in total. The minimum atomic E-state index is -3.27. The van der Waals surface area contributed by atoms with E-state index in [0.717, 1.165) is 38.4 Å². The molecule has 0 saturated heterocycles. The van der Waals surface area contributed by atoms with Crippen molar-refractivity contribution in [2.45, 2.75) is 30.6 Å². The lowest BCUT2D eigenvalue weighted by atomic mass is 10.1. The number of anilines is 2. The summed E-state index contributed by atoms with van der Waals surface area (Å²) < 4.78 is 25.6. The molecule has 3 aromatic carbocycles. The van der Waals surface area contributed by atoms with Crippen LogP contribution in [0.4, 0.5) is 11.5 Å². The van der Waals surface area contributed by atoms with Crippen LogP contribution in [0.1, 0.15) is 31.2 Å². The van der Waals surface area contributed by atoms with Gasteiger partial charge in [0.15, 0.2) is 9.84 Å². The molecule has 0 spiro atoms. The Labute approximate surface area is 252 Å². The number of para-hydroxylation sites is 3. The third-order valence-corrected chi connectivity index (χ3v) is 10.0. The smallest absolute Gasteiger partial charge is 0.282 e. The number of carbonyl (C=O) groups excluding carboxylic acids is 1. The molecule has 1 aromatic heterocycles. The number of fused-ring (bicyclic) bond motifs is 2. The first-order valence-corrected chi connectivity index (χ1v) is 16.6. The molecule has 0 N–H and O–H groups in total. The zero-order valence-electron chi connectivity index (χ0n) is 24.1. The van der Waals surface area contributed by atoms with Crippen LogP contribution in [0.2, 0.25) is 0 Å². The van der Waals surface area contributed by atoms with E-state index in [1.165, 1.54) is 10.6 Å². The highest BCUT2D eigenvalue weighted by Crippen LogP contribution is 2.45. The Bertz CT molecular complexity index is 1750. The van der Waals surface area contributed by atoms with Crippen LogP contribution in [0.3, 0.4) is 0 Å². The lowest BCUT2D eigenvalue weighted by Gasteiger charge is -2.19. The maximum atomic E-state index is 12.5. The molecule has 0 radical (unpaired) electrons. The van der Waals surface area contributed by atoms with Crippen LogP contribution in [0.5, 0.6) is 0 Å². The maximum Gasteiger partial charge on any atom is 0.282 e. The predicted octanol–water partition coefficient (Wildman–Crippen LogP) is 6.78. The number of sulfone groups is 1. The van der Waals surface area contributed by atoms with Gasteiger partial charge in [-0.3, -0.25) is 9.69 Å². The van der Waals surface area contributed by atoms with E-state index in [2.05, 4.69) is 108 Å². The number of nitrogens with zero attached hydrogens (tertiary/aromatic N) is 3. The number of carbonyl (C=O) groups is 1. The molecule has 0 atom stereocenters. The molecular formula is C34H36N3O3S2+. The fraction of sp³-hybridized carbons (Fsp3) is 0.235. The van der Waals surface area contributed by atoms with E-state index in [-0.39, 0.29) is 18.0 Å². The average molecular weight is 599 g/mol. The first-order chi connectivity index (χ1) is 20.3. The quantitative estimate of drug-likeness (QED) is 0.168. The van der Waals surface area contributed by atoms with Crippen molar-refractivity contribution >= 4 is 55.9 Å². The number of Topliss-reactive ketones (excluding diaryl/α,β-unsaturated/α-hetero) is 1. The van der Waals surface area contributed by atoms with Gasteiger partial charge in [0.25, 0.3) is 5.82 Å². The van der Waals surface area contributed by atoms with E-state index in [4.69, 9.17) is 0 Å². The molecule has 0 saturated carbocycles. The second-order valence-electron chi connectivity index (χ2n) is 10.5. The lowest BCUT2D eigenvalue weighted by molar-refractivity contribution is -0.553. The van der Waals surface area contributed by atoms with E-state index in [1.54, 1.807) is 11.8 Å². The standard InChI is InChI=1S/C34H36N3O3S2/c1-4-42(39,40)23-13-17-28(38)16-12-22-35(2)33-24-26(25-34-36(3)31-20-10-11-21-32(31)41-34)29-18-8-9-19-30(29)37(33)27-14-6-5-7-15-27/h4-11,14-15,18-21,24-25H,1,12-13,16-17,22-23H2,2-3H3/q+1. The minimum Gasteiger partial charge on any atom is -0.338 e. The van der Waals surface area contributed by atoms with Crippen molar-refractivity contribution in [1.29, 1.82) is 0 Å². The Balaban J connectivity index is 1.45. The molecule has 1 aliphatic heterocycles. The van der Waals surface area contributed by atoms with Gasteiger partial charge in [-0.05, 0) is 54.8 Å². The number of pyridine rings is 1. The summed E-state index contributed by atoms with van der Waals surface area (Å²) in [6.45, 7) is 4.01. The molecule has 216 valence electrons. The fourth-order valence-corrected chi connectivity index (χ4v) is 7.07. The van der Waals surface area contributed by atoms with Gasteiger partial charge in [-0.1, -0.05) is 66.9 Å². The maximum absolute atomic E-state index is 12.5. The highest BCUT2D eigenvalue weighted by Gasteiger charge is 2.25. The third kappa shape index (κ3) is 6.61. The van der Waals surface area contributed by atoms with E-state index in [1.807, 2.05) is 18.2 Å². The zero-order valence-corrected chi connectivity index (χ0v) is 25.7. The van der Waals surface area contributed by atoms with Crippen molar-refractivity contribution < 1.29 is 17.8 Å². The van der Waals surface area contributed by atoms with Crippen molar-refractivity contribution in [1.82, 2.24) is 0 Å². The molecule has 4 aromatic rings. The molecule has 0 fully saturated rings. The molecule has 0 aliphatic carbocycles. The Hall–Kier alpha value is -3.88. The summed E-state index contributed by atoms with van der Waals surface area (Å²) in [6.07, 6.45) is 3.95. The molecule has 0 amide bonds. The number of aromatic nitrogens is 1. The van der Waals surface area contributed by atoms with Crippen LogP contribution in [0.15, 0.2) is 107 Å². The summed E-state index contributed by atoms with van der Waals surface area (Å²) in [6, 6.07) is 29.5. The number of benzene rings is 3. The molecule has 2 heterocycles. The van der Waals surface area contributed by atoms with Crippen LogP contribution >= 0.6 is 11.8 Å². The molecule has 8 heteroatoms. The fourth-order valence-electron chi connectivity index (χ4n) is 5.25. The van der Waals surface area contributed by atoms with E-state index in [9.17, 15) is 13.2 Å². The van der Waals surface area contributed by atoms with Gasteiger partial charge in [0.1, 0.15) is 17.0 Å². The Morgan fingerprint density at radius 1 is 0.976 bits per heavy atom. The van der Waals surface area contributed by atoms with Gasteiger partial charge in [0.05, 0.1) is 30.1 Å². The van der Waals surface area contributed by atoms with Gasteiger partial charge in [-0.15, -0.1) is 0 Å². The summed E-state index contributed by atoms with van der Waals surface area (Å²) in [5.41, 5.74) is 4.50. The zero-order chi connectivity index (χ0) is 29.7. The van der Waals surface area contributed by atoms with Gasteiger partial charge in [0, 0.05) is 41.6 Å². The predicted molar refractivity (Wildman–Crippen MR) is 175 cm³/mol. The average Bonchev–Trinajstić information content (AvgIpc) is 3.32. The minimum absolute atomic E-state index is 0.0346. The first-order valence-electron chi connectivity index (χ1n) is 14.1. The highest BCUT2D eigenvalue weighted by molar-refractivity contribution is 8.03. The Kier molecular flexibility index (Phi) is 9.14. The van der Waals surface area contributed by atoms with Gasteiger partial charge in [-0.2, -0.15) is 4.57 Å². The number of ketones is 1. The van der Waals surface area contributed by atoms with Crippen LogP contribution in [-0.4, -0.2) is 40.6 Å². The van der Waals surface area contributed by atoms with Crippen molar-refractivity contribution in [2.24, 2.45) is 0 Å². The summed E-state index contributed by atoms with van der Waals surface area (Å²) in [5, 5.41) is 3.28. The van der Waals surface area contributed by atoms with Crippen LogP contribution in [-0.2, 0) is 14.6 Å². The van der Waals surface area contributed by atoms with Gasteiger partial charge in [-0.25, -0.2) is 8.42 Å². The summed E-state index contributed by atoms with van der Waals surface area (Å²) in [7, 11) is 0.897. The van der Waals surface area contributed by atoms with Gasteiger partial charge < -0.3 is 4.90 Å². The van der Waals surface area contributed by atoms with Gasteiger partial charge in [0.2, 0.25) is 0 Å². The first kappa shape index (κ1) is 29.6. The molecular weight excluding hydrogens is 563 g/mol. The van der Waals surface area contributed by atoms with E-state index < -0.39 is 9.84 Å². The van der Waals surface area contributed by atoms with Crippen molar-refractivity contribution in [3.63, 3.8) is 0 Å². The van der Waals surface area contributed by atoms with Crippen molar-refractivity contribution in [3.05, 3.63) is 108 Å². The molecule has 0 unspecified atom stereocenters. The van der Waals surface area contributed by atoms with E-state index in [0.29, 0.717) is 25.8 Å². The van der Waals surface area contributed by atoms with Crippen LogP contribution in [0, 0.1) is 0 Å². The number of hydrogen-bond donors (Lipinski definition) is 0. The molecule has 1 aliphatic rings. The summed E-state index contributed by atoms with van der Waals surface area (Å²) in [4.78, 5) is 18.2. The molecule has 42 heavy (non-hydrogen) atoms. The number of rotatable bonds is 12. The van der Waals surface area contributed by atoms with Crippen molar-refractivity contribution in [2.75, 3.05) is 36.2 Å². The Morgan fingerprint density at radius 3 is 2.43 bits per heavy atom. The highest BCUT2D eigenvalue weighted by atomic mass is 32.2. The van der Waals surface area contributed by atoms with E-state index >= 15 is 0 Å². The topological polar surface area (TPSA) is 61.6 Å². The SMILES string of the molecule is C=CS(=O)(=O)CCCC(=O)CCCN(C)c1cc(C=C2Sc3ccccc3N2C)c2ccccc2[n+]1-c1ccccc1. The Morgan fingerprint density at radius 2 is 1.67 bits per heavy atom.